The van der Waals surface area contributed by atoms with Crippen LogP contribution in [0.25, 0.3) is 6.08 Å². The maximum absolute atomic E-state index is 10.8. The number of hydrogen-bond donors (Lipinski definition) is 1. The monoisotopic (exact) mass is 235 g/mol. The number of carbonyl (C=O) groups is 2. The Morgan fingerprint density at radius 2 is 2.06 bits per heavy atom. The van der Waals surface area contributed by atoms with Gasteiger partial charge in [-0.15, -0.1) is 0 Å². The Balaban J connectivity index is 3.37. The van der Waals surface area contributed by atoms with E-state index in [0.717, 1.165) is 18.2 Å². The summed E-state index contributed by atoms with van der Waals surface area (Å²) in [5.74, 6) is -1.20. The fourth-order valence-corrected chi connectivity index (χ4v) is 1.31. The van der Waals surface area contributed by atoms with Gasteiger partial charge in [-0.2, -0.15) is 0 Å². The molecule has 6 nitrogen and oxygen atoms in total. The Labute approximate surface area is 96.3 Å². The minimum Gasteiger partial charge on any atom is -0.478 e. The molecular weight excluding hydrogens is 226 g/mol. The number of benzene rings is 1. The highest BCUT2D eigenvalue weighted by Gasteiger charge is 2.14. The van der Waals surface area contributed by atoms with Gasteiger partial charge in [0, 0.05) is 17.7 Å². The van der Waals surface area contributed by atoms with Crippen LogP contribution in [0.15, 0.2) is 18.2 Å². The number of rotatable bonds is 4. The van der Waals surface area contributed by atoms with Crippen LogP contribution in [0.1, 0.15) is 21.5 Å². The van der Waals surface area contributed by atoms with Gasteiger partial charge in [-0.1, -0.05) is 0 Å². The van der Waals surface area contributed by atoms with Gasteiger partial charge in [-0.3, -0.25) is 14.9 Å². The van der Waals surface area contributed by atoms with Crippen LogP contribution in [-0.2, 0) is 4.79 Å². The predicted molar refractivity (Wildman–Crippen MR) is 59.9 cm³/mol. The third kappa shape index (κ3) is 2.97. The number of carboxylic acids is 1. The van der Waals surface area contributed by atoms with E-state index in [2.05, 4.69) is 0 Å². The van der Waals surface area contributed by atoms with E-state index in [-0.39, 0.29) is 16.8 Å². The van der Waals surface area contributed by atoms with Gasteiger partial charge in [0.25, 0.3) is 5.69 Å². The first-order valence-electron chi connectivity index (χ1n) is 4.61. The zero-order valence-electron chi connectivity index (χ0n) is 8.91. The highest BCUT2D eigenvalue weighted by Crippen LogP contribution is 2.23. The largest absolute Gasteiger partial charge is 0.478 e. The minimum atomic E-state index is -1.20. The number of carbonyl (C=O) groups excluding carboxylic acids is 1. The molecule has 0 heterocycles. The molecule has 0 saturated carbocycles. The molecule has 1 N–H and O–H groups in total. The molecule has 0 aromatic heterocycles. The molecule has 0 atom stereocenters. The van der Waals surface area contributed by atoms with Gasteiger partial charge in [0.05, 0.1) is 10.5 Å². The van der Waals surface area contributed by atoms with Crippen LogP contribution in [0, 0.1) is 17.0 Å². The van der Waals surface area contributed by atoms with E-state index in [1.807, 2.05) is 0 Å². The van der Waals surface area contributed by atoms with Crippen LogP contribution >= 0.6 is 0 Å². The standard InChI is InChI=1S/C11H9NO5/c1-7-4-8(2-3-11(14)15)10(12(16)17)5-9(7)6-13/h2-6H,1H3,(H,14,15)/b3-2+. The Kier molecular flexibility index (Phi) is 3.71. The van der Waals surface area contributed by atoms with E-state index in [1.165, 1.54) is 6.07 Å². The Morgan fingerprint density at radius 3 is 2.53 bits per heavy atom. The topological polar surface area (TPSA) is 97.5 Å². The molecule has 1 aromatic rings. The first-order valence-corrected chi connectivity index (χ1v) is 4.61. The normalized spacial score (nSPS) is 10.4. The van der Waals surface area contributed by atoms with Crippen molar-refractivity contribution in [2.75, 3.05) is 0 Å². The quantitative estimate of drug-likeness (QED) is 0.371. The van der Waals surface area contributed by atoms with Crippen LogP contribution in [0.4, 0.5) is 5.69 Å². The number of hydrogen-bond acceptors (Lipinski definition) is 4. The molecular formula is C11H9NO5. The molecule has 0 spiro atoms. The second-order valence-corrected chi connectivity index (χ2v) is 3.31. The van der Waals surface area contributed by atoms with Crippen molar-refractivity contribution in [1.29, 1.82) is 0 Å². The van der Waals surface area contributed by atoms with Gasteiger partial charge in [-0.25, -0.2) is 4.79 Å². The third-order valence-corrected chi connectivity index (χ3v) is 2.14. The van der Waals surface area contributed by atoms with Gasteiger partial charge in [0.15, 0.2) is 6.29 Å². The van der Waals surface area contributed by atoms with Crippen molar-refractivity contribution >= 4 is 24.0 Å². The molecule has 0 aliphatic heterocycles. The number of carboxylic acid groups (broad SMARTS) is 1. The number of nitrogens with zero attached hydrogens (tertiary/aromatic N) is 1. The zero-order chi connectivity index (χ0) is 13.0. The lowest BCUT2D eigenvalue weighted by atomic mass is 10.0. The molecule has 0 saturated heterocycles. The maximum atomic E-state index is 10.8. The van der Waals surface area contributed by atoms with Crippen LogP contribution in [0.5, 0.6) is 0 Å². The molecule has 0 unspecified atom stereocenters. The second-order valence-electron chi connectivity index (χ2n) is 3.31. The summed E-state index contributed by atoms with van der Waals surface area (Å²) in [4.78, 5) is 31.1. The molecule has 88 valence electrons. The molecule has 0 radical (unpaired) electrons. The molecule has 17 heavy (non-hydrogen) atoms. The van der Waals surface area contributed by atoms with E-state index in [4.69, 9.17) is 5.11 Å². The summed E-state index contributed by atoms with van der Waals surface area (Å²) in [7, 11) is 0. The summed E-state index contributed by atoms with van der Waals surface area (Å²) in [6.07, 6.45) is 2.46. The van der Waals surface area contributed by atoms with Crippen molar-refractivity contribution in [1.82, 2.24) is 0 Å². The fraction of sp³-hybridized carbons (Fsp3) is 0.0909. The lowest BCUT2D eigenvalue weighted by Gasteiger charge is -2.02. The summed E-state index contributed by atoms with van der Waals surface area (Å²) in [5.41, 5.74) is 0.621. The predicted octanol–water partition coefficient (Wildman–Crippen LogP) is 1.81. The second kappa shape index (κ2) is 5.02. The van der Waals surface area contributed by atoms with Crippen molar-refractivity contribution in [2.45, 2.75) is 6.92 Å². The van der Waals surface area contributed by atoms with Gasteiger partial charge in [-0.05, 0) is 24.6 Å². The summed E-state index contributed by atoms with van der Waals surface area (Å²) in [5, 5.41) is 19.2. The lowest BCUT2D eigenvalue weighted by molar-refractivity contribution is -0.385. The molecule has 0 fully saturated rings. The Morgan fingerprint density at radius 1 is 1.41 bits per heavy atom. The minimum absolute atomic E-state index is 0.153. The van der Waals surface area contributed by atoms with Crippen LogP contribution < -0.4 is 0 Å². The number of aryl methyl sites for hydroxylation is 1. The van der Waals surface area contributed by atoms with Crippen LogP contribution in [0.2, 0.25) is 0 Å². The molecule has 6 heteroatoms. The van der Waals surface area contributed by atoms with Crippen molar-refractivity contribution in [3.8, 4) is 0 Å². The molecule has 0 bridgehead atoms. The lowest BCUT2D eigenvalue weighted by Crippen LogP contribution is -1.97. The summed E-state index contributed by atoms with van der Waals surface area (Å²) in [6.45, 7) is 1.62. The fourth-order valence-electron chi connectivity index (χ4n) is 1.31. The Bertz CT molecular complexity index is 519. The van der Waals surface area contributed by atoms with Gasteiger partial charge in [0.2, 0.25) is 0 Å². The molecule has 0 aliphatic rings. The first-order chi connectivity index (χ1) is 7.95. The average molecular weight is 235 g/mol. The van der Waals surface area contributed by atoms with E-state index in [1.54, 1.807) is 6.92 Å². The van der Waals surface area contributed by atoms with Crippen molar-refractivity contribution in [2.24, 2.45) is 0 Å². The van der Waals surface area contributed by atoms with Gasteiger partial charge in [0.1, 0.15) is 0 Å². The third-order valence-electron chi connectivity index (χ3n) is 2.14. The Hall–Kier alpha value is -2.50. The van der Waals surface area contributed by atoms with Crippen molar-refractivity contribution in [3.05, 3.63) is 45.0 Å². The van der Waals surface area contributed by atoms with Crippen LogP contribution in [-0.4, -0.2) is 22.3 Å². The van der Waals surface area contributed by atoms with Crippen molar-refractivity contribution in [3.63, 3.8) is 0 Å². The molecule has 1 aromatic carbocycles. The van der Waals surface area contributed by atoms with Crippen molar-refractivity contribution < 1.29 is 19.6 Å². The van der Waals surface area contributed by atoms with Crippen LogP contribution in [0.3, 0.4) is 0 Å². The van der Waals surface area contributed by atoms with E-state index in [9.17, 15) is 19.7 Å². The van der Waals surface area contributed by atoms with E-state index in [0.29, 0.717) is 11.8 Å². The summed E-state index contributed by atoms with van der Waals surface area (Å²) >= 11 is 0. The number of nitro groups is 1. The molecule has 1 rings (SSSR count). The highest BCUT2D eigenvalue weighted by atomic mass is 16.6. The first kappa shape index (κ1) is 12.6. The highest BCUT2D eigenvalue weighted by molar-refractivity contribution is 5.87. The maximum Gasteiger partial charge on any atom is 0.328 e. The smallest absolute Gasteiger partial charge is 0.328 e. The van der Waals surface area contributed by atoms with E-state index >= 15 is 0 Å². The van der Waals surface area contributed by atoms with E-state index < -0.39 is 10.9 Å². The summed E-state index contributed by atoms with van der Waals surface area (Å²) in [6, 6.07) is 2.53. The number of nitro benzene ring substituents is 1. The molecule has 0 amide bonds. The number of aliphatic carboxylic acids is 1. The summed E-state index contributed by atoms with van der Waals surface area (Å²) < 4.78 is 0. The molecule has 0 aliphatic carbocycles. The van der Waals surface area contributed by atoms with Gasteiger partial charge < -0.3 is 5.11 Å². The average Bonchev–Trinajstić information content (AvgIpc) is 2.25. The zero-order valence-corrected chi connectivity index (χ0v) is 8.91. The SMILES string of the molecule is Cc1cc(/C=C/C(=O)O)c([N+](=O)[O-])cc1C=O. The number of aldehydes is 1. The van der Waals surface area contributed by atoms with Gasteiger partial charge >= 0.3 is 5.97 Å².